The Morgan fingerprint density at radius 3 is 2.42 bits per heavy atom. The van der Waals surface area contributed by atoms with Crippen molar-refractivity contribution in [3.63, 3.8) is 0 Å². The Morgan fingerprint density at radius 1 is 1.05 bits per heavy atom. The molecule has 1 amide bonds. The van der Waals surface area contributed by atoms with Crippen LogP contribution in [0.15, 0.2) is 28.9 Å². The van der Waals surface area contributed by atoms with Gasteiger partial charge in [0, 0.05) is 29.6 Å². The second-order valence-electron chi connectivity index (χ2n) is 11.8. The van der Waals surface area contributed by atoms with Crippen LogP contribution < -0.4 is 14.2 Å². The van der Waals surface area contributed by atoms with E-state index >= 15 is 0 Å². The van der Waals surface area contributed by atoms with Crippen molar-refractivity contribution in [2.75, 3.05) is 35.0 Å². The number of aromatic amines is 1. The molecule has 11 heteroatoms. The first-order chi connectivity index (χ1) is 19.0. The van der Waals surface area contributed by atoms with E-state index in [0.29, 0.717) is 46.1 Å². The lowest BCUT2D eigenvalue weighted by Crippen LogP contribution is -2.54. The Bertz CT molecular complexity index is 1650. The fourth-order valence-electron chi connectivity index (χ4n) is 8.44. The lowest BCUT2D eigenvalue weighted by molar-refractivity contribution is -0.151. The van der Waals surface area contributed by atoms with Gasteiger partial charge in [-0.1, -0.05) is 6.92 Å². The highest BCUT2D eigenvalue weighted by Gasteiger charge is 2.87. The van der Waals surface area contributed by atoms with Crippen molar-refractivity contribution in [2.24, 2.45) is 33.6 Å². The van der Waals surface area contributed by atoms with Crippen molar-refractivity contribution in [3.05, 3.63) is 29.6 Å². The summed E-state index contributed by atoms with van der Waals surface area (Å²) >= 11 is 0. The van der Waals surface area contributed by atoms with Crippen LogP contribution in [0.2, 0.25) is 0 Å². The van der Waals surface area contributed by atoms with Crippen LogP contribution in [0.3, 0.4) is 0 Å². The second-order valence-corrected chi connectivity index (χ2v) is 11.8. The van der Waals surface area contributed by atoms with Gasteiger partial charge in [0.2, 0.25) is 17.1 Å². The zero-order chi connectivity index (χ0) is 28.5. The van der Waals surface area contributed by atoms with Gasteiger partial charge in [0.15, 0.2) is 17.3 Å². The smallest absolute Gasteiger partial charge is 0.341 e. The second kappa shape index (κ2) is 7.52. The van der Waals surface area contributed by atoms with E-state index in [1.807, 2.05) is 0 Å². The van der Waals surface area contributed by atoms with E-state index in [4.69, 9.17) is 18.9 Å². The van der Waals surface area contributed by atoms with Crippen molar-refractivity contribution >= 4 is 40.1 Å². The monoisotopic (exact) mass is 547 g/mol. The molecule has 1 spiro atoms. The zero-order valence-electron chi connectivity index (χ0n) is 23.0. The highest BCUT2D eigenvalue weighted by atomic mass is 16.5. The third-order valence-corrected chi connectivity index (χ3v) is 10.1. The average Bonchev–Trinajstić information content (AvgIpc) is 3.19. The van der Waals surface area contributed by atoms with Gasteiger partial charge in [-0.05, 0) is 42.2 Å². The molecule has 1 N–H and O–H groups in total. The van der Waals surface area contributed by atoms with Crippen LogP contribution in [0.5, 0.6) is 17.2 Å². The number of carbonyl (C=O) groups excluding carboxylic acids is 4. The zero-order valence-corrected chi connectivity index (χ0v) is 23.0. The maximum atomic E-state index is 14.0. The minimum atomic E-state index is -1.73. The first kappa shape index (κ1) is 24.9. The summed E-state index contributed by atoms with van der Waals surface area (Å²) in [5.41, 5.74) is -0.933. The molecule has 3 aliphatic carbocycles. The predicted octanol–water partition coefficient (Wildman–Crippen LogP) is 2.33. The molecule has 0 bridgehead atoms. The number of fused-ring (bicyclic) bond motifs is 3. The molecule has 1 saturated heterocycles. The topological polar surface area (TPSA) is 137 Å². The van der Waals surface area contributed by atoms with E-state index in [9.17, 15) is 19.2 Å². The number of hydrogen-bond acceptors (Lipinski definition) is 9. The number of Topliss-reactive ketones (excluding diaryl/α,β-unsaturated/α-hetero) is 1. The molecular weight excluding hydrogens is 518 g/mol. The molecule has 11 nitrogen and oxygen atoms in total. The summed E-state index contributed by atoms with van der Waals surface area (Å²) < 4.78 is 21.4. The van der Waals surface area contributed by atoms with E-state index in [1.54, 1.807) is 17.0 Å². The van der Waals surface area contributed by atoms with Crippen molar-refractivity contribution in [3.8, 4) is 17.2 Å². The molecule has 7 rings (SSSR count). The number of ketones is 2. The lowest BCUT2D eigenvalue weighted by atomic mass is 9.51. The highest BCUT2D eigenvalue weighted by Crippen LogP contribution is 2.87. The lowest BCUT2D eigenvalue weighted by Gasteiger charge is -2.49. The molecule has 3 fully saturated rings. The number of rotatable bonds is 5. The Morgan fingerprint density at radius 2 is 1.77 bits per heavy atom. The predicted molar refractivity (Wildman–Crippen MR) is 141 cm³/mol. The van der Waals surface area contributed by atoms with Crippen molar-refractivity contribution in [2.45, 2.75) is 25.8 Å². The summed E-state index contributed by atoms with van der Waals surface area (Å²) in [6.07, 6.45) is 2.20. The Kier molecular flexibility index (Phi) is 4.68. The molecule has 0 radical (unpaired) electrons. The third kappa shape index (κ3) is 2.59. The number of ether oxygens (including phenoxy) is 4. The van der Waals surface area contributed by atoms with Gasteiger partial charge in [0.25, 0.3) is 5.91 Å². The van der Waals surface area contributed by atoms with Crippen LogP contribution >= 0.6 is 0 Å². The van der Waals surface area contributed by atoms with Gasteiger partial charge in [-0.2, -0.15) is 0 Å². The van der Waals surface area contributed by atoms with Crippen LogP contribution in [0, 0.1) is 28.6 Å². The van der Waals surface area contributed by atoms with Gasteiger partial charge in [-0.15, -0.1) is 0 Å². The number of esters is 1. The van der Waals surface area contributed by atoms with Gasteiger partial charge in [0.05, 0.1) is 45.6 Å². The maximum Gasteiger partial charge on any atom is 0.341 e. The number of nitrogens with one attached hydrogen (secondary N) is 1. The minimum Gasteiger partial charge on any atom is -0.493 e. The van der Waals surface area contributed by atoms with Gasteiger partial charge < -0.3 is 28.8 Å². The molecule has 2 aromatic rings. The fraction of sp³-hybridized carbons (Fsp3) is 0.483. The number of aromatic nitrogens is 1. The number of nitrogens with zero attached hydrogens (tertiary/aromatic N) is 2. The summed E-state index contributed by atoms with van der Waals surface area (Å²) in [6.45, 7) is 3.96. The first-order valence-electron chi connectivity index (χ1n) is 13.1. The number of benzene rings is 1. The number of hydrogen-bond donors (Lipinski definition) is 1. The molecule has 40 heavy (non-hydrogen) atoms. The van der Waals surface area contributed by atoms with Crippen LogP contribution in [0.1, 0.15) is 30.8 Å². The fourth-order valence-corrected chi connectivity index (χ4v) is 8.44. The summed E-state index contributed by atoms with van der Waals surface area (Å²) in [5.74, 6) is -1.45. The largest absolute Gasteiger partial charge is 0.493 e. The average molecular weight is 548 g/mol. The van der Waals surface area contributed by atoms with Crippen molar-refractivity contribution in [1.82, 2.24) is 9.88 Å². The van der Waals surface area contributed by atoms with E-state index < -0.39 is 34.4 Å². The number of aliphatic imine (C=N–C) groups is 1. The number of amides is 1. The Labute approximate surface area is 229 Å². The van der Waals surface area contributed by atoms with E-state index in [1.165, 1.54) is 41.4 Å². The third-order valence-electron chi connectivity index (χ3n) is 10.1. The molecule has 2 aliphatic heterocycles. The Hall–Kier alpha value is -4.15. The maximum absolute atomic E-state index is 14.0. The van der Waals surface area contributed by atoms with E-state index in [0.717, 1.165) is 6.42 Å². The Balaban J connectivity index is 1.32. The molecule has 6 atom stereocenters. The number of likely N-dealkylation sites (tertiary alicyclic amines) is 1. The quantitative estimate of drug-likeness (QED) is 0.445. The van der Waals surface area contributed by atoms with E-state index in [2.05, 4.69) is 16.9 Å². The molecule has 3 heterocycles. The molecule has 6 unspecified atom stereocenters. The number of methoxy groups -OCH3 is 4. The van der Waals surface area contributed by atoms with Crippen LogP contribution in [0.4, 0.5) is 0 Å². The van der Waals surface area contributed by atoms with E-state index in [-0.39, 0.29) is 28.9 Å². The van der Waals surface area contributed by atoms with Crippen LogP contribution in [0.25, 0.3) is 10.9 Å². The van der Waals surface area contributed by atoms with Crippen molar-refractivity contribution < 1.29 is 38.1 Å². The molecule has 1 aromatic carbocycles. The summed E-state index contributed by atoms with van der Waals surface area (Å²) in [4.78, 5) is 63.1. The normalized spacial score (nSPS) is 34.6. The molecule has 2 saturated carbocycles. The molecular formula is C29H29N3O8. The van der Waals surface area contributed by atoms with Crippen molar-refractivity contribution in [1.29, 1.82) is 0 Å². The highest BCUT2D eigenvalue weighted by molar-refractivity contribution is 6.51. The molecule has 1 aromatic heterocycles. The number of carbonyl (C=O) groups is 4. The van der Waals surface area contributed by atoms with Gasteiger partial charge >= 0.3 is 5.97 Å². The standard InChI is InChI=1S/C29H29N3O8/c1-27-11-32(25(35)13-7-12-8-16(37-3)21(38-4)22(39-5)19(12)30-13)14-9-15(33)20-18(29(23(14)27)10-17(27)29)24(34)28(2,31-20)26(36)40-6/h7-9,17-18,23,30H,10-11H2,1-6H3. The number of allylic oxidation sites excluding steroid dienone is 2. The summed E-state index contributed by atoms with van der Waals surface area (Å²) in [6, 6.07) is 3.49. The van der Waals surface area contributed by atoms with Gasteiger partial charge in [-0.25, -0.2) is 4.79 Å². The first-order valence-corrected chi connectivity index (χ1v) is 13.1. The number of H-pyrrole nitrogens is 1. The van der Waals surface area contributed by atoms with Gasteiger partial charge in [-0.3, -0.25) is 19.4 Å². The molecule has 5 aliphatic rings. The summed E-state index contributed by atoms with van der Waals surface area (Å²) in [7, 11) is 5.76. The molecule has 208 valence electrons. The van der Waals surface area contributed by atoms with Crippen LogP contribution in [-0.4, -0.2) is 79.6 Å². The van der Waals surface area contributed by atoms with Crippen LogP contribution in [-0.2, 0) is 19.1 Å². The summed E-state index contributed by atoms with van der Waals surface area (Å²) in [5, 5.41) is 0.702. The van der Waals surface area contributed by atoms with Gasteiger partial charge in [0.1, 0.15) is 5.69 Å². The SMILES string of the molecule is COC(=O)C1(C)N=C2C(=O)C=C3C4C(C)(CN3C(=O)c3cc5cc(OC)c(OC)c(OC)c5[nH]3)C3CC34C2C1=O. The minimum absolute atomic E-state index is 0.103.